The molecular weight excluding hydrogens is 152 g/mol. The van der Waals surface area contributed by atoms with Crippen LogP contribution in [-0.2, 0) is 0 Å². The summed E-state index contributed by atoms with van der Waals surface area (Å²) in [5.41, 5.74) is 6.62. The lowest BCUT2D eigenvalue weighted by molar-refractivity contribution is 1.71. The van der Waals surface area contributed by atoms with Crippen LogP contribution in [0.3, 0.4) is 0 Å². The molecule has 0 aliphatic carbocycles. The quantitative estimate of drug-likeness (QED) is 0.633. The monoisotopic (exact) mass is 156 g/mol. The van der Waals surface area contributed by atoms with Gasteiger partial charge < -0.3 is 5.73 Å². The summed E-state index contributed by atoms with van der Waals surface area (Å²) in [6.07, 6.45) is 0. The highest BCUT2D eigenvalue weighted by Crippen LogP contribution is 2.28. The normalized spacial score (nSPS) is 10.7. The van der Waals surface area contributed by atoms with E-state index in [4.69, 9.17) is 5.73 Å². The molecule has 0 radical (unpaired) electrons. The van der Waals surface area contributed by atoms with Crippen molar-refractivity contribution in [3.8, 4) is 0 Å². The van der Waals surface area contributed by atoms with Crippen molar-refractivity contribution >= 4 is 38.1 Å². The minimum absolute atomic E-state index is 0.833. The Balaban J connectivity index is 2.99. The van der Waals surface area contributed by atoms with Crippen molar-refractivity contribution in [3.05, 3.63) is 11.4 Å². The van der Waals surface area contributed by atoms with Crippen LogP contribution >= 0.6 is 22.9 Å². The number of hydrogen-bond acceptors (Lipinski definition) is 4. The molecule has 2 N–H and O–H groups in total. The molecule has 4 heteroatoms. The van der Waals surface area contributed by atoms with Gasteiger partial charge >= 0.3 is 0 Å². The second-order valence-electron chi connectivity index (χ2n) is 1.68. The average Bonchev–Trinajstić information content (AvgIpc) is 2.35. The van der Waals surface area contributed by atoms with E-state index in [0.717, 1.165) is 15.2 Å². The number of nitrogens with zero attached hydrogens (tertiary/aromatic N) is 1. The van der Waals surface area contributed by atoms with E-state index in [9.17, 15) is 0 Å². The standard InChI is InChI=1S/C5H4N2S2/c6-5-4-3(7-9-5)1-2-8-4/h1-2H,6H2. The highest BCUT2D eigenvalue weighted by molar-refractivity contribution is 7.23. The molecule has 0 spiro atoms. The van der Waals surface area contributed by atoms with Crippen LogP contribution in [0.5, 0.6) is 0 Å². The van der Waals surface area contributed by atoms with Gasteiger partial charge in [-0.25, -0.2) is 0 Å². The molecule has 0 saturated carbocycles. The predicted octanol–water partition coefficient (Wildman–Crippen LogP) is 1.94. The first-order chi connectivity index (χ1) is 4.38. The van der Waals surface area contributed by atoms with E-state index in [0.29, 0.717) is 0 Å². The Labute approximate surface area is 60.1 Å². The molecule has 0 amide bonds. The fraction of sp³-hybridized carbons (Fsp3) is 0. The summed E-state index contributed by atoms with van der Waals surface area (Å²) in [5.74, 6) is 0. The van der Waals surface area contributed by atoms with Crippen molar-refractivity contribution < 1.29 is 0 Å². The summed E-state index contributed by atoms with van der Waals surface area (Å²) in [7, 11) is 0. The van der Waals surface area contributed by atoms with Crippen LogP contribution in [0.4, 0.5) is 5.00 Å². The molecule has 9 heavy (non-hydrogen) atoms. The second-order valence-corrected chi connectivity index (χ2v) is 3.40. The summed E-state index contributed by atoms with van der Waals surface area (Å²) >= 11 is 3.01. The van der Waals surface area contributed by atoms with E-state index >= 15 is 0 Å². The maximum Gasteiger partial charge on any atom is 0.124 e. The van der Waals surface area contributed by atoms with Gasteiger partial charge in [0.25, 0.3) is 0 Å². The largest absolute Gasteiger partial charge is 0.388 e. The molecule has 46 valence electrons. The second kappa shape index (κ2) is 1.68. The Hall–Kier alpha value is -0.610. The van der Waals surface area contributed by atoms with E-state index in [1.165, 1.54) is 11.5 Å². The number of hydrogen-bond donors (Lipinski definition) is 1. The van der Waals surface area contributed by atoms with Gasteiger partial charge in [-0.2, -0.15) is 4.37 Å². The van der Waals surface area contributed by atoms with Crippen LogP contribution in [0.15, 0.2) is 11.4 Å². The number of nitrogen functional groups attached to an aromatic ring is 1. The van der Waals surface area contributed by atoms with Crippen LogP contribution in [-0.4, -0.2) is 4.37 Å². The lowest BCUT2D eigenvalue weighted by atomic mass is 10.5. The van der Waals surface area contributed by atoms with E-state index in [1.807, 2.05) is 11.4 Å². The summed E-state index contributed by atoms with van der Waals surface area (Å²) in [6.45, 7) is 0. The Morgan fingerprint density at radius 2 is 2.44 bits per heavy atom. The van der Waals surface area contributed by atoms with E-state index < -0.39 is 0 Å². The number of aromatic nitrogens is 1. The zero-order valence-electron chi connectivity index (χ0n) is 4.50. The molecule has 0 fully saturated rings. The summed E-state index contributed by atoms with van der Waals surface area (Å²) in [4.78, 5) is 0. The van der Waals surface area contributed by atoms with Crippen LogP contribution in [0.2, 0.25) is 0 Å². The molecule has 2 aromatic rings. The van der Waals surface area contributed by atoms with Gasteiger partial charge in [-0.15, -0.1) is 11.3 Å². The Bertz CT molecular complexity index is 322. The van der Waals surface area contributed by atoms with Crippen molar-refractivity contribution in [3.63, 3.8) is 0 Å². The van der Waals surface area contributed by atoms with Gasteiger partial charge in [0.05, 0.1) is 10.2 Å². The van der Waals surface area contributed by atoms with E-state index in [2.05, 4.69) is 4.37 Å². The van der Waals surface area contributed by atoms with Crippen molar-refractivity contribution in [2.24, 2.45) is 0 Å². The van der Waals surface area contributed by atoms with Crippen molar-refractivity contribution in [1.29, 1.82) is 0 Å². The number of rotatable bonds is 0. The Morgan fingerprint density at radius 3 is 3.22 bits per heavy atom. The zero-order chi connectivity index (χ0) is 6.27. The molecular formula is C5H4N2S2. The smallest absolute Gasteiger partial charge is 0.124 e. The van der Waals surface area contributed by atoms with Crippen LogP contribution in [0.25, 0.3) is 10.2 Å². The van der Waals surface area contributed by atoms with Crippen LogP contribution in [0.1, 0.15) is 0 Å². The molecule has 0 bridgehead atoms. The van der Waals surface area contributed by atoms with E-state index in [-0.39, 0.29) is 0 Å². The fourth-order valence-electron chi connectivity index (χ4n) is 0.699. The topological polar surface area (TPSA) is 38.9 Å². The minimum Gasteiger partial charge on any atom is -0.388 e. The van der Waals surface area contributed by atoms with Gasteiger partial charge in [0, 0.05) is 0 Å². The Morgan fingerprint density at radius 1 is 1.56 bits per heavy atom. The molecule has 2 heterocycles. The number of nitrogens with two attached hydrogens (primary N) is 1. The lowest BCUT2D eigenvalue weighted by Crippen LogP contribution is -1.73. The first-order valence-corrected chi connectivity index (χ1v) is 4.11. The number of anilines is 1. The summed E-state index contributed by atoms with van der Waals surface area (Å²) < 4.78 is 5.23. The zero-order valence-corrected chi connectivity index (χ0v) is 6.13. The number of fused-ring (bicyclic) bond motifs is 1. The van der Waals surface area contributed by atoms with Crippen molar-refractivity contribution in [2.45, 2.75) is 0 Å². The van der Waals surface area contributed by atoms with Crippen molar-refractivity contribution in [2.75, 3.05) is 5.73 Å². The van der Waals surface area contributed by atoms with Gasteiger partial charge in [-0.3, -0.25) is 0 Å². The SMILES string of the molecule is Nc1snc2ccsc12. The molecule has 2 rings (SSSR count). The molecule has 0 aliphatic rings. The van der Waals surface area contributed by atoms with E-state index in [1.54, 1.807) is 11.3 Å². The maximum atomic E-state index is 5.59. The highest BCUT2D eigenvalue weighted by atomic mass is 32.1. The third kappa shape index (κ3) is 0.635. The van der Waals surface area contributed by atoms with Gasteiger partial charge in [0.2, 0.25) is 0 Å². The van der Waals surface area contributed by atoms with Gasteiger partial charge in [0.15, 0.2) is 0 Å². The summed E-state index contributed by atoms with van der Waals surface area (Å²) in [6, 6.07) is 1.98. The van der Waals surface area contributed by atoms with Crippen LogP contribution in [0, 0.1) is 0 Å². The molecule has 0 atom stereocenters. The number of thiophene rings is 1. The van der Waals surface area contributed by atoms with Gasteiger partial charge in [0.1, 0.15) is 5.00 Å². The predicted molar refractivity (Wildman–Crippen MR) is 41.9 cm³/mol. The first kappa shape index (κ1) is 5.20. The summed E-state index contributed by atoms with van der Waals surface area (Å²) in [5, 5.41) is 2.83. The highest BCUT2D eigenvalue weighted by Gasteiger charge is 2.00. The van der Waals surface area contributed by atoms with Crippen molar-refractivity contribution in [1.82, 2.24) is 4.37 Å². The van der Waals surface area contributed by atoms with Gasteiger partial charge in [-0.05, 0) is 23.0 Å². The average molecular weight is 156 g/mol. The first-order valence-electron chi connectivity index (χ1n) is 2.46. The van der Waals surface area contributed by atoms with Gasteiger partial charge in [-0.1, -0.05) is 0 Å². The molecule has 0 aromatic carbocycles. The van der Waals surface area contributed by atoms with Crippen LogP contribution < -0.4 is 5.73 Å². The molecule has 2 aromatic heterocycles. The molecule has 0 unspecified atom stereocenters. The lowest BCUT2D eigenvalue weighted by Gasteiger charge is -1.74. The molecule has 2 nitrogen and oxygen atoms in total. The third-order valence-corrected chi connectivity index (χ3v) is 2.87. The molecule has 0 saturated heterocycles. The minimum atomic E-state index is 0.833. The molecule has 0 aliphatic heterocycles. The maximum absolute atomic E-state index is 5.59. The Kier molecular flexibility index (Phi) is 0.972. The third-order valence-electron chi connectivity index (χ3n) is 1.11. The fourth-order valence-corrected chi connectivity index (χ4v) is 2.23.